The van der Waals surface area contributed by atoms with Crippen molar-refractivity contribution >= 4 is 23.5 Å². The minimum Gasteiger partial charge on any atom is -0.396 e. The van der Waals surface area contributed by atoms with E-state index in [-0.39, 0.29) is 11.8 Å². The van der Waals surface area contributed by atoms with Gasteiger partial charge in [0.05, 0.1) is 0 Å². The summed E-state index contributed by atoms with van der Waals surface area (Å²) in [5.74, 6) is -123. The fourth-order valence-corrected chi connectivity index (χ4v) is 6.89. The van der Waals surface area contributed by atoms with Gasteiger partial charge < -0.3 is 5.11 Å². The molecule has 0 amide bonds. The summed E-state index contributed by atoms with van der Waals surface area (Å²) in [6, 6.07) is 0. The first-order valence-corrected chi connectivity index (χ1v) is 17.6. The van der Waals surface area contributed by atoms with Crippen LogP contribution in [0.3, 0.4) is 0 Å². The van der Waals surface area contributed by atoms with Gasteiger partial charge >= 0.3 is 95.3 Å². The average molecular weight is 1060 g/mol. The van der Waals surface area contributed by atoms with Gasteiger partial charge in [-0.15, -0.1) is 0 Å². The molecule has 0 saturated heterocycles. The van der Waals surface area contributed by atoms with Crippen LogP contribution >= 0.6 is 23.5 Å². The summed E-state index contributed by atoms with van der Waals surface area (Å²) in [6.45, 7) is -0.810. The van der Waals surface area contributed by atoms with E-state index in [9.17, 15) is 149 Å². The number of rotatable bonds is 25. The smallest absolute Gasteiger partial charge is 0.396 e. The maximum Gasteiger partial charge on any atom is 0.460 e. The van der Waals surface area contributed by atoms with E-state index in [4.69, 9.17) is 5.11 Å². The van der Waals surface area contributed by atoms with Crippen molar-refractivity contribution in [1.29, 1.82) is 0 Å². The number of aliphatic hydroxyl groups excluding tert-OH is 1. The molecule has 0 aromatic carbocycles. The Kier molecular flexibility index (Phi) is 17.6. The summed E-state index contributed by atoms with van der Waals surface area (Å²) >= 11 is -0.758. The Hall–Kier alpha value is -1.72. The second-order valence-corrected chi connectivity index (χ2v) is 15.1. The van der Waals surface area contributed by atoms with E-state index in [0.717, 1.165) is 0 Å². The highest BCUT2D eigenvalue weighted by atomic mass is 32.2. The molecule has 0 aromatic heterocycles. The van der Waals surface area contributed by atoms with Crippen LogP contribution in [0, 0.1) is 0 Å². The standard InChI is InChI=1S/C26H20F34OS2/c27-11(28,13(31,32)15(35,36)17(39,40)19(43,44)21(47,48)23(51,52)25(55,56)57)4-7-62-9-10(3-1-2-6-61)63-8-5-12(29,30)14(33,34)16(37,38)18(41,42)20(45,46)22(49,50)24(53,54)26(58,59)60/h10,61H,1-9H2. The lowest BCUT2D eigenvalue weighted by Gasteiger charge is -2.42. The second kappa shape index (κ2) is 18.1. The largest absolute Gasteiger partial charge is 0.460 e. The predicted octanol–water partition coefficient (Wildman–Crippen LogP) is 13.8. The molecule has 0 radical (unpaired) electrons. The predicted molar refractivity (Wildman–Crippen MR) is 145 cm³/mol. The quantitative estimate of drug-likeness (QED) is 0.0727. The van der Waals surface area contributed by atoms with Gasteiger partial charge in [0.2, 0.25) is 0 Å². The van der Waals surface area contributed by atoms with Crippen LogP contribution in [0.4, 0.5) is 149 Å². The Morgan fingerprint density at radius 2 is 0.571 bits per heavy atom. The van der Waals surface area contributed by atoms with Crippen LogP contribution < -0.4 is 0 Å². The topological polar surface area (TPSA) is 20.2 Å². The zero-order valence-corrected chi connectivity index (χ0v) is 30.7. The van der Waals surface area contributed by atoms with Crippen LogP contribution in [0.25, 0.3) is 0 Å². The molecule has 0 aliphatic rings. The lowest BCUT2D eigenvalue weighted by atomic mass is 9.88. The monoisotopic (exact) mass is 1060 g/mol. The third kappa shape index (κ3) is 9.84. The Morgan fingerprint density at radius 1 is 0.317 bits per heavy atom. The van der Waals surface area contributed by atoms with Crippen LogP contribution in [0.2, 0.25) is 0 Å². The van der Waals surface area contributed by atoms with E-state index < -0.39 is 168 Å². The molecule has 0 aliphatic carbocycles. The molecule has 1 N–H and O–H groups in total. The number of thioether (sulfide) groups is 2. The number of halogens is 34. The van der Waals surface area contributed by atoms with E-state index in [2.05, 4.69) is 0 Å². The van der Waals surface area contributed by atoms with Crippen LogP contribution in [0.15, 0.2) is 0 Å². The molecule has 0 aliphatic heterocycles. The number of alkyl halides is 34. The molecule has 0 fully saturated rings. The number of unbranched alkanes of at least 4 members (excludes halogenated alkanes) is 1. The van der Waals surface area contributed by atoms with Gasteiger partial charge in [-0.1, -0.05) is 6.42 Å². The minimum absolute atomic E-state index is 0.362. The Balaban J connectivity index is 6.32. The van der Waals surface area contributed by atoms with Crippen molar-refractivity contribution < 1.29 is 154 Å². The van der Waals surface area contributed by atoms with Gasteiger partial charge in [-0.05, 0) is 24.3 Å². The average Bonchev–Trinajstić information content (AvgIpc) is 3.07. The molecule has 1 unspecified atom stereocenters. The maximum absolute atomic E-state index is 14.3. The maximum atomic E-state index is 14.3. The molecule has 0 spiro atoms. The van der Waals surface area contributed by atoms with Crippen LogP contribution in [-0.4, -0.2) is 129 Å². The summed E-state index contributed by atoms with van der Waals surface area (Å²) in [7, 11) is 0. The lowest BCUT2D eigenvalue weighted by molar-refractivity contribution is -0.461. The highest BCUT2D eigenvalue weighted by molar-refractivity contribution is 8.03. The van der Waals surface area contributed by atoms with Crippen molar-refractivity contribution in [3.05, 3.63) is 0 Å². The van der Waals surface area contributed by atoms with E-state index in [1.165, 1.54) is 0 Å². The summed E-state index contributed by atoms with van der Waals surface area (Å²) in [5, 5.41) is 7.04. The van der Waals surface area contributed by atoms with Gasteiger partial charge in [0.1, 0.15) is 0 Å². The van der Waals surface area contributed by atoms with E-state index >= 15 is 0 Å². The molecule has 0 heterocycles. The zero-order chi connectivity index (χ0) is 51.4. The molecular formula is C26H20F34OS2. The molecule has 0 saturated carbocycles. The fraction of sp³-hybridized carbons (Fsp3) is 1.00. The number of hydrogen-bond acceptors (Lipinski definition) is 3. The minimum atomic E-state index is -8.95. The van der Waals surface area contributed by atoms with Gasteiger partial charge in [0.25, 0.3) is 0 Å². The number of hydrogen-bond donors (Lipinski definition) is 1. The first-order valence-electron chi connectivity index (χ1n) is 15.4. The van der Waals surface area contributed by atoms with Crippen molar-refractivity contribution in [2.24, 2.45) is 0 Å². The highest BCUT2D eigenvalue weighted by Gasteiger charge is 2.96. The summed E-state index contributed by atoms with van der Waals surface area (Å²) < 4.78 is 457. The van der Waals surface area contributed by atoms with Gasteiger partial charge in [0.15, 0.2) is 0 Å². The fourth-order valence-electron chi connectivity index (χ4n) is 4.17. The third-order valence-electron chi connectivity index (χ3n) is 8.14. The Labute approximate surface area is 335 Å². The van der Waals surface area contributed by atoms with Crippen LogP contribution in [0.1, 0.15) is 32.1 Å². The summed E-state index contributed by atoms with van der Waals surface area (Å²) in [6.07, 6.45) is -23.7. The van der Waals surface area contributed by atoms with Crippen molar-refractivity contribution in [1.82, 2.24) is 0 Å². The molecule has 1 atom stereocenters. The summed E-state index contributed by atoms with van der Waals surface area (Å²) in [5.41, 5.74) is 0. The molecule has 1 nitrogen and oxygen atoms in total. The summed E-state index contributed by atoms with van der Waals surface area (Å²) in [4.78, 5) is 0. The molecule has 0 rings (SSSR count). The van der Waals surface area contributed by atoms with E-state index in [1.54, 1.807) is 0 Å². The van der Waals surface area contributed by atoms with Gasteiger partial charge in [-0.2, -0.15) is 173 Å². The molecular weight excluding hydrogens is 1040 g/mol. The molecule has 63 heavy (non-hydrogen) atoms. The normalized spacial score (nSPS) is 16.8. The van der Waals surface area contributed by atoms with Gasteiger partial charge in [-0.3, -0.25) is 0 Å². The number of aliphatic hydroxyl groups is 1. The Bertz CT molecular complexity index is 1500. The molecule has 380 valence electrons. The zero-order valence-electron chi connectivity index (χ0n) is 29.1. The van der Waals surface area contributed by atoms with E-state index in [0.29, 0.717) is 0 Å². The van der Waals surface area contributed by atoms with Crippen molar-refractivity contribution in [2.45, 2.75) is 133 Å². The van der Waals surface area contributed by atoms with Crippen molar-refractivity contribution in [2.75, 3.05) is 23.9 Å². The lowest BCUT2D eigenvalue weighted by Crippen LogP contribution is -2.74. The van der Waals surface area contributed by atoms with Crippen LogP contribution in [0.5, 0.6) is 0 Å². The third-order valence-corrected chi connectivity index (χ3v) is 10.8. The molecule has 0 bridgehead atoms. The Morgan fingerprint density at radius 3 is 0.841 bits per heavy atom. The first kappa shape index (κ1) is 61.3. The van der Waals surface area contributed by atoms with E-state index in [1.807, 2.05) is 0 Å². The molecule has 37 heteroatoms. The van der Waals surface area contributed by atoms with Gasteiger partial charge in [0, 0.05) is 30.5 Å². The van der Waals surface area contributed by atoms with Crippen LogP contribution in [-0.2, 0) is 0 Å². The molecule has 0 aromatic rings. The first-order chi connectivity index (χ1) is 27.1. The second-order valence-electron chi connectivity index (χ2n) is 12.6. The van der Waals surface area contributed by atoms with Crippen molar-refractivity contribution in [3.63, 3.8) is 0 Å². The SMILES string of the molecule is OCCCCC(CSCCC(F)(F)C(F)(F)C(F)(F)C(F)(F)C(F)(F)C(F)(F)C(F)(F)C(F)(F)F)SCCC(F)(F)C(F)(F)C(F)(F)C(F)(F)C(F)(F)C(F)(F)C(F)(F)C(F)(F)F. The highest BCUT2D eigenvalue weighted by Crippen LogP contribution is 2.66. The van der Waals surface area contributed by atoms with Crippen molar-refractivity contribution in [3.8, 4) is 0 Å². The van der Waals surface area contributed by atoms with Gasteiger partial charge in [-0.25, -0.2) is 0 Å².